The second-order valence-corrected chi connectivity index (χ2v) is 7.58. The third-order valence-corrected chi connectivity index (χ3v) is 5.53. The summed E-state index contributed by atoms with van der Waals surface area (Å²) >= 11 is 1.51. The number of carbonyl (C=O) groups is 2. The van der Waals surface area contributed by atoms with E-state index in [1.165, 1.54) is 16.7 Å². The molecule has 0 radical (unpaired) electrons. The molecule has 2 aromatic carbocycles. The first kappa shape index (κ1) is 18.4. The van der Waals surface area contributed by atoms with Crippen LogP contribution in [-0.2, 0) is 16.0 Å². The molecular weight excluding hydrogens is 372 g/mol. The molecule has 0 bridgehead atoms. The highest BCUT2D eigenvalue weighted by molar-refractivity contribution is 7.99. The fraction of sp³-hybridized carbons (Fsp3) is 0.238. The van der Waals surface area contributed by atoms with Crippen molar-refractivity contribution in [2.24, 2.45) is 0 Å². The Bertz CT molecular complexity index is 957. The van der Waals surface area contributed by atoms with Gasteiger partial charge >= 0.3 is 0 Å². The number of rotatable bonds is 7. The Hall–Kier alpha value is -2.93. The van der Waals surface area contributed by atoms with Crippen molar-refractivity contribution in [2.45, 2.75) is 24.4 Å². The van der Waals surface area contributed by atoms with Gasteiger partial charge in [-0.15, -0.1) is 10.2 Å². The first-order valence-electron chi connectivity index (χ1n) is 9.22. The molecule has 3 aromatic rings. The van der Waals surface area contributed by atoms with E-state index in [2.05, 4.69) is 22.3 Å². The van der Waals surface area contributed by atoms with Gasteiger partial charge in [-0.3, -0.25) is 19.1 Å². The molecule has 0 N–H and O–H groups in total. The van der Waals surface area contributed by atoms with Crippen LogP contribution in [0.1, 0.15) is 24.2 Å². The van der Waals surface area contributed by atoms with Crippen molar-refractivity contribution >= 4 is 23.6 Å². The van der Waals surface area contributed by atoms with Crippen LogP contribution in [0.5, 0.6) is 0 Å². The van der Waals surface area contributed by atoms with Crippen LogP contribution in [0.15, 0.2) is 65.8 Å². The van der Waals surface area contributed by atoms with Crippen molar-refractivity contribution in [3.63, 3.8) is 0 Å². The van der Waals surface area contributed by atoms with E-state index in [4.69, 9.17) is 0 Å². The molecule has 0 spiro atoms. The Morgan fingerprint density at radius 1 is 0.857 bits per heavy atom. The van der Waals surface area contributed by atoms with Gasteiger partial charge in [0.05, 0.1) is 0 Å². The van der Waals surface area contributed by atoms with Crippen LogP contribution in [0.2, 0.25) is 0 Å². The third-order valence-electron chi connectivity index (χ3n) is 4.62. The zero-order chi connectivity index (χ0) is 19.3. The van der Waals surface area contributed by atoms with E-state index < -0.39 is 0 Å². The van der Waals surface area contributed by atoms with Gasteiger partial charge in [0.15, 0.2) is 5.16 Å². The monoisotopic (exact) mass is 392 g/mol. The van der Waals surface area contributed by atoms with Crippen LogP contribution in [0.4, 0.5) is 0 Å². The fourth-order valence-electron chi connectivity index (χ4n) is 3.22. The van der Waals surface area contributed by atoms with Crippen LogP contribution < -0.4 is 0 Å². The number of thioether (sulfide) groups is 1. The summed E-state index contributed by atoms with van der Waals surface area (Å²) in [5.41, 5.74) is 2.16. The summed E-state index contributed by atoms with van der Waals surface area (Å²) in [5, 5.41) is 9.55. The molecule has 0 saturated carbocycles. The maximum atomic E-state index is 11.8. The molecule has 0 aliphatic carbocycles. The number of para-hydroxylation sites is 1. The fourth-order valence-corrected chi connectivity index (χ4v) is 4.12. The topological polar surface area (TPSA) is 68.1 Å². The molecule has 6 nitrogen and oxygen atoms in total. The number of carbonyl (C=O) groups excluding carboxylic acids is 2. The Labute approximate surface area is 167 Å². The molecule has 0 unspecified atom stereocenters. The largest absolute Gasteiger partial charge is 0.282 e. The smallest absolute Gasteiger partial charge is 0.229 e. The predicted octanol–water partition coefficient (Wildman–Crippen LogP) is 3.10. The first-order valence-corrected chi connectivity index (χ1v) is 10.2. The summed E-state index contributed by atoms with van der Waals surface area (Å²) in [6.07, 6.45) is 1.32. The van der Waals surface area contributed by atoms with Gasteiger partial charge in [-0.1, -0.05) is 60.3 Å². The molecule has 2 heterocycles. The maximum absolute atomic E-state index is 11.8. The number of benzene rings is 2. The predicted molar refractivity (Wildman–Crippen MR) is 107 cm³/mol. The lowest BCUT2D eigenvalue weighted by molar-refractivity contribution is -0.137. The number of hydrogen-bond donors (Lipinski definition) is 0. The lowest BCUT2D eigenvalue weighted by Crippen LogP contribution is -2.31. The molecule has 2 amide bonds. The van der Waals surface area contributed by atoms with E-state index in [0.29, 0.717) is 31.6 Å². The minimum absolute atomic E-state index is 0.0834. The standard InChI is InChI=1S/C21H20N4O2S/c26-19-11-12-20(27)24(19)13-14-28-21-23-22-18(15-16-7-3-1-4-8-16)25(21)17-9-5-2-6-10-17/h1-10H,11-15H2. The second-order valence-electron chi connectivity index (χ2n) is 6.52. The Balaban J connectivity index is 1.55. The molecule has 1 saturated heterocycles. The maximum Gasteiger partial charge on any atom is 0.229 e. The molecule has 1 aliphatic heterocycles. The Morgan fingerprint density at radius 3 is 2.18 bits per heavy atom. The van der Waals surface area contributed by atoms with Gasteiger partial charge in [0.25, 0.3) is 0 Å². The highest BCUT2D eigenvalue weighted by atomic mass is 32.2. The Morgan fingerprint density at radius 2 is 1.50 bits per heavy atom. The molecule has 1 aliphatic rings. The summed E-state index contributed by atoms with van der Waals surface area (Å²) in [6.45, 7) is 0.401. The van der Waals surface area contributed by atoms with E-state index >= 15 is 0 Å². The van der Waals surface area contributed by atoms with Crippen molar-refractivity contribution in [1.29, 1.82) is 0 Å². The minimum Gasteiger partial charge on any atom is -0.282 e. The highest BCUT2D eigenvalue weighted by Gasteiger charge is 2.28. The van der Waals surface area contributed by atoms with E-state index in [9.17, 15) is 9.59 Å². The van der Waals surface area contributed by atoms with Crippen LogP contribution in [-0.4, -0.2) is 43.8 Å². The molecule has 4 rings (SSSR count). The third kappa shape index (κ3) is 3.99. The lowest BCUT2D eigenvalue weighted by Gasteiger charge is -2.14. The van der Waals surface area contributed by atoms with Gasteiger partial charge in [-0.2, -0.15) is 0 Å². The quantitative estimate of drug-likeness (QED) is 0.457. The van der Waals surface area contributed by atoms with Crippen molar-refractivity contribution in [3.05, 3.63) is 72.1 Å². The molecule has 1 fully saturated rings. The van der Waals surface area contributed by atoms with Crippen molar-refractivity contribution in [2.75, 3.05) is 12.3 Å². The van der Waals surface area contributed by atoms with Crippen LogP contribution >= 0.6 is 11.8 Å². The van der Waals surface area contributed by atoms with Crippen LogP contribution in [0.3, 0.4) is 0 Å². The van der Waals surface area contributed by atoms with E-state index in [0.717, 1.165) is 22.2 Å². The molecule has 28 heavy (non-hydrogen) atoms. The summed E-state index contributed by atoms with van der Waals surface area (Å²) in [6, 6.07) is 20.1. The number of aromatic nitrogens is 3. The van der Waals surface area contributed by atoms with Gasteiger partial charge in [0.1, 0.15) is 5.82 Å². The lowest BCUT2D eigenvalue weighted by atomic mass is 10.1. The average Bonchev–Trinajstić information content (AvgIpc) is 3.27. The van der Waals surface area contributed by atoms with Crippen molar-refractivity contribution in [3.8, 4) is 5.69 Å². The summed E-state index contributed by atoms with van der Waals surface area (Å²) in [5.74, 6) is 1.28. The number of hydrogen-bond acceptors (Lipinski definition) is 5. The van der Waals surface area contributed by atoms with E-state index in [1.54, 1.807) is 0 Å². The summed E-state index contributed by atoms with van der Waals surface area (Å²) in [7, 11) is 0. The van der Waals surface area contributed by atoms with E-state index in [-0.39, 0.29) is 11.8 Å². The van der Waals surface area contributed by atoms with Gasteiger partial charge in [0, 0.05) is 37.2 Å². The van der Waals surface area contributed by atoms with Crippen molar-refractivity contribution in [1.82, 2.24) is 19.7 Å². The van der Waals surface area contributed by atoms with Gasteiger partial charge in [0.2, 0.25) is 11.8 Å². The first-order chi connectivity index (χ1) is 13.7. The molecular formula is C21H20N4O2S. The average molecular weight is 392 g/mol. The van der Waals surface area contributed by atoms with Gasteiger partial charge in [-0.25, -0.2) is 0 Å². The summed E-state index contributed by atoms with van der Waals surface area (Å²) in [4.78, 5) is 24.9. The SMILES string of the molecule is O=C1CCC(=O)N1CCSc1nnc(Cc2ccccc2)n1-c1ccccc1. The van der Waals surface area contributed by atoms with Crippen LogP contribution in [0.25, 0.3) is 5.69 Å². The summed E-state index contributed by atoms with van der Waals surface area (Å²) < 4.78 is 2.05. The minimum atomic E-state index is -0.0834. The van der Waals surface area contributed by atoms with Gasteiger partial charge in [-0.05, 0) is 17.7 Å². The number of imide groups is 1. The zero-order valence-corrected chi connectivity index (χ0v) is 16.1. The number of likely N-dealkylation sites (tertiary alicyclic amines) is 1. The highest BCUT2D eigenvalue weighted by Crippen LogP contribution is 2.24. The Kier molecular flexibility index (Phi) is 5.53. The molecule has 7 heteroatoms. The van der Waals surface area contributed by atoms with Gasteiger partial charge < -0.3 is 0 Å². The molecule has 0 atom stereocenters. The number of amides is 2. The molecule has 142 valence electrons. The normalized spacial score (nSPS) is 14.1. The zero-order valence-electron chi connectivity index (χ0n) is 15.3. The van der Waals surface area contributed by atoms with Crippen LogP contribution in [0, 0.1) is 0 Å². The molecule has 1 aromatic heterocycles. The van der Waals surface area contributed by atoms with Crippen molar-refractivity contribution < 1.29 is 9.59 Å². The van der Waals surface area contributed by atoms with E-state index in [1.807, 2.05) is 53.1 Å². The second kappa shape index (κ2) is 8.39. The number of nitrogens with zero attached hydrogens (tertiary/aromatic N) is 4.